The molecule has 1 aliphatic carbocycles. The van der Waals surface area contributed by atoms with E-state index in [2.05, 4.69) is 4.98 Å². The molecular weight excluding hydrogens is 394 g/mol. The highest BCUT2D eigenvalue weighted by Gasteiger charge is 2.57. The summed E-state index contributed by atoms with van der Waals surface area (Å²) in [5, 5.41) is 0. The van der Waals surface area contributed by atoms with Gasteiger partial charge in [0.2, 0.25) is 17.7 Å². The van der Waals surface area contributed by atoms with E-state index in [1.165, 1.54) is 4.90 Å². The van der Waals surface area contributed by atoms with Gasteiger partial charge in [-0.15, -0.1) is 0 Å². The number of imide groups is 1. The van der Waals surface area contributed by atoms with Crippen LogP contribution in [-0.4, -0.2) is 52.2 Å². The SMILES string of the molecule is CCN(Cc1ccncc1)C(=O)C[C@@]1(c2ccc(OC)cc2)CC(=O)N(C2CC2)C1=O. The Labute approximate surface area is 182 Å². The molecule has 1 atom stereocenters. The van der Waals surface area contributed by atoms with E-state index >= 15 is 0 Å². The lowest BCUT2D eigenvalue weighted by atomic mass is 9.75. The first-order valence-electron chi connectivity index (χ1n) is 10.7. The molecular formula is C24H27N3O4. The van der Waals surface area contributed by atoms with Gasteiger partial charge in [-0.25, -0.2) is 0 Å². The van der Waals surface area contributed by atoms with Crippen molar-refractivity contribution in [3.05, 3.63) is 59.9 Å². The predicted molar refractivity (Wildman–Crippen MR) is 114 cm³/mol. The van der Waals surface area contributed by atoms with Gasteiger partial charge < -0.3 is 9.64 Å². The molecule has 0 radical (unpaired) electrons. The quantitative estimate of drug-likeness (QED) is 0.613. The Bertz CT molecular complexity index is 972. The molecule has 31 heavy (non-hydrogen) atoms. The summed E-state index contributed by atoms with van der Waals surface area (Å²) < 4.78 is 5.24. The van der Waals surface area contributed by atoms with Gasteiger partial charge in [-0.1, -0.05) is 12.1 Å². The van der Waals surface area contributed by atoms with Crippen molar-refractivity contribution in [3.63, 3.8) is 0 Å². The number of hydrogen-bond acceptors (Lipinski definition) is 5. The van der Waals surface area contributed by atoms with Crippen LogP contribution in [0.25, 0.3) is 0 Å². The first-order chi connectivity index (χ1) is 15.0. The number of aromatic nitrogens is 1. The Morgan fingerprint density at radius 1 is 1.16 bits per heavy atom. The highest BCUT2D eigenvalue weighted by molar-refractivity contribution is 6.11. The van der Waals surface area contributed by atoms with Crippen molar-refractivity contribution in [1.82, 2.24) is 14.8 Å². The average Bonchev–Trinajstić information content (AvgIpc) is 3.59. The molecule has 2 aliphatic rings. The molecule has 1 aromatic carbocycles. The smallest absolute Gasteiger partial charge is 0.241 e. The predicted octanol–water partition coefficient (Wildman–Crippen LogP) is 2.69. The molecule has 0 bridgehead atoms. The summed E-state index contributed by atoms with van der Waals surface area (Å²) in [7, 11) is 1.58. The number of ether oxygens (including phenoxy) is 1. The number of nitrogens with zero attached hydrogens (tertiary/aromatic N) is 3. The van der Waals surface area contributed by atoms with E-state index in [-0.39, 0.29) is 36.6 Å². The third-order valence-electron chi connectivity index (χ3n) is 6.21. The molecule has 2 aromatic rings. The summed E-state index contributed by atoms with van der Waals surface area (Å²) in [6.07, 6.45) is 5.05. The normalized spacial score (nSPS) is 20.8. The Morgan fingerprint density at radius 3 is 2.42 bits per heavy atom. The average molecular weight is 421 g/mol. The van der Waals surface area contributed by atoms with Crippen LogP contribution < -0.4 is 4.74 Å². The van der Waals surface area contributed by atoms with Crippen LogP contribution in [0.5, 0.6) is 5.75 Å². The summed E-state index contributed by atoms with van der Waals surface area (Å²) in [4.78, 5) is 46.9. The van der Waals surface area contributed by atoms with Crippen LogP contribution in [0.1, 0.15) is 43.7 Å². The molecule has 0 unspecified atom stereocenters. The molecule has 2 heterocycles. The maximum atomic E-state index is 13.6. The highest BCUT2D eigenvalue weighted by Crippen LogP contribution is 2.44. The molecule has 7 nitrogen and oxygen atoms in total. The van der Waals surface area contributed by atoms with Crippen molar-refractivity contribution in [2.24, 2.45) is 0 Å². The summed E-state index contributed by atoms with van der Waals surface area (Å²) >= 11 is 0. The molecule has 1 aliphatic heterocycles. The minimum Gasteiger partial charge on any atom is -0.497 e. The van der Waals surface area contributed by atoms with Crippen molar-refractivity contribution in [1.29, 1.82) is 0 Å². The van der Waals surface area contributed by atoms with E-state index in [0.29, 0.717) is 24.4 Å². The Hall–Kier alpha value is -3.22. The van der Waals surface area contributed by atoms with Crippen LogP contribution in [-0.2, 0) is 26.3 Å². The zero-order chi connectivity index (χ0) is 22.0. The number of amides is 3. The molecule has 2 fully saturated rings. The van der Waals surface area contributed by atoms with E-state index in [4.69, 9.17) is 4.74 Å². The highest BCUT2D eigenvalue weighted by atomic mass is 16.5. The molecule has 7 heteroatoms. The lowest BCUT2D eigenvalue weighted by Crippen LogP contribution is -2.44. The number of methoxy groups -OCH3 is 1. The number of carbonyl (C=O) groups excluding carboxylic acids is 3. The molecule has 1 aromatic heterocycles. The van der Waals surface area contributed by atoms with Crippen molar-refractivity contribution in [2.45, 2.75) is 50.6 Å². The second-order valence-electron chi connectivity index (χ2n) is 8.23. The summed E-state index contributed by atoms with van der Waals surface area (Å²) in [6.45, 7) is 2.86. The summed E-state index contributed by atoms with van der Waals surface area (Å²) in [6, 6.07) is 10.9. The summed E-state index contributed by atoms with van der Waals surface area (Å²) in [5.74, 6) is 0.0784. The third-order valence-corrected chi connectivity index (χ3v) is 6.21. The van der Waals surface area contributed by atoms with Gasteiger partial charge in [-0.3, -0.25) is 24.3 Å². The first kappa shape index (κ1) is 21.0. The largest absolute Gasteiger partial charge is 0.497 e. The number of pyridine rings is 1. The summed E-state index contributed by atoms with van der Waals surface area (Å²) in [5.41, 5.74) is 0.481. The monoisotopic (exact) mass is 421 g/mol. The molecule has 162 valence electrons. The third kappa shape index (κ3) is 4.04. The number of carbonyl (C=O) groups is 3. The van der Waals surface area contributed by atoms with Crippen molar-refractivity contribution < 1.29 is 19.1 Å². The number of likely N-dealkylation sites (tertiary alicyclic amines) is 1. The van der Waals surface area contributed by atoms with Crippen molar-refractivity contribution in [2.75, 3.05) is 13.7 Å². The molecule has 4 rings (SSSR count). The maximum Gasteiger partial charge on any atom is 0.241 e. The zero-order valence-electron chi connectivity index (χ0n) is 17.9. The molecule has 1 saturated carbocycles. The van der Waals surface area contributed by atoms with Gasteiger partial charge in [-0.05, 0) is 55.2 Å². The Morgan fingerprint density at radius 2 is 1.84 bits per heavy atom. The maximum absolute atomic E-state index is 13.6. The molecule has 1 saturated heterocycles. The standard InChI is InChI=1S/C24H27N3O4/c1-3-26(16-17-10-12-25-13-11-17)21(28)14-24(18-4-8-20(31-2)9-5-18)15-22(29)27(23(24)30)19-6-7-19/h4-5,8-13,19H,3,6-7,14-16H2,1-2H3/t24-/m0/s1. The van der Waals surface area contributed by atoms with Crippen molar-refractivity contribution in [3.8, 4) is 5.75 Å². The fourth-order valence-electron chi connectivity index (χ4n) is 4.30. The van der Waals surface area contributed by atoms with Gasteiger partial charge in [0.05, 0.1) is 12.5 Å². The van der Waals surface area contributed by atoms with Crippen LogP contribution in [0.4, 0.5) is 0 Å². The van der Waals surface area contributed by atoms with Gasteiger partial charge in [0.1, 0.15) is 5.75 Å². The Balaban J connectivity index is 1.65. The van der Waals surface area contributed by atoms with Gasteiger partial charge in [0, 0.05) is 44.4 Å². The van der Waals surface area contributed by atoms with Gasteiger partial charge in [-0.2, -0.15) is 0 Å². The van der Waals surface area contributed by atoms with Crippen LogP contribution in [0.2, 0.25) is 0 Å². The second-order valence-corrected chi connectivity index (χ2v) is 8.23. The van der Waals surface area contributed by atoms with Crippen LogP contribution >= 0.6 is 0 Å². The molecule has 0 spiro atoms. The second kappa shape index (κ2) is 8.49. The van der Waals surface area contributed by atoms with Gasteiger partial charge in [0.25, 0.3) is 0 Å². The van der Waals surface area contributed by atoms with E-state index in [0.717, 1.165) is 18.4 Å². The first-order valence-corrected chi connectivity index (χ1v) is 10.7. The van der Waals surface area contributed by atoms with Crippen LogP contribution in [0.15, 0.2) is 48.8 Å². The number of rotatable bonds is 8. The van der Waals surface area contributed by atoms with E-state index < -0.39 is 5.41 Å². The minimum absolute atomic E-state index is 0.0191. The number of hydrogen-bond donors (Lipinski definition) is 0. The van der Waals surface area contributed by atoms with Gasteiger partial charge >= 0.3 is 0 Å². The minimum atomic E-state index is -1.17. The van der Waals surface area contributed by atoms with E-state index in [9.17, 15) is 14.4 Å². The zero-order valence-corrected chi connectivity index (χ0v) is 17.9. The molecule has 3 amide bonds. The van der Waals surface area contributed by atoms with Crippen LogP contribution in [0.3, 0.4) is 0 Å². The van der Waals surface area contributed by atoms with E-state index in [1.807, 2.05) is 19.1 Å². The lowest BCUT2D eigenvalue weighted by molar-refractivity contribution is -0.143. The van der Waals surface area contributed by atoms with Crippen LogP contribution in [0, 0.1) is 0 Å². The fourth-order valence-corrected chi connectivity index (χ4v) is 4.30. The molecule has 0 N–H and O–H groups in total. The van der Waals surface area contributed by atoms with Gasteiger partial charge in [0.15, 0.2) is 0 Å². The van der Waals surface area contributed by atoms with E-state index in [1.54, 1.807) is 48.7 Å². The lowest BCUT2D eigenvalue weighted by Gasteiger charge is -2.30. The fraction of sp³-hybridized carbons (Fsp3) is 0.417. The van der Waals surface area contributed by atoms with Crippen molar-refractivity contribution >= 4 is 17.7 Å². The topological polar surface area (TPSA) is 79.8 Å². The Kier molecular flexibility index (Phi) is 5.76. The number of benzene rings is 1.